The van der Waals surface area contributed by atoms with Crippen molar-refractivity contribution in [2.45, 2.75) is 13.8 Å². The van der Waals surface area contributed by atoms with Crippen molar-refractivity contribution in [3.63, 3.8) is 0 Å². The number of pyridine rings is 3. The molecule has 0 saturated carbocycles. The molecule has 0 amide bonds. The van der Waals surface area contributed by atoms with Crippen LogP contribution < -0.4 is 87.3 Å². The lowest BCUT2D eigenvalue weighted by molar-refractivity contribution is 0.122. The van der Waals surface area contributed by atoms with Gasteiger partial charge in [-0.25, -0.2) is 24.9 Å². The van der Waals surface area contributed by atoms with Gasteiger partial charge in [0.1, 0.15) is 17.9 Å². The molecule has 4 aromatic carbocycles. The number of methoxy groups -OCH3 is 2. The Hall–Kier alpha value is -13.6. The number of hydrogen-bond donors (Lipinski definition) is 8. The number of nitrogens with two attached hydrogens (primary N) is 4. The predicted molar refractivity (Wildman–Crippen MR) is 402 cm³/mol. The second-order valence-electron chi connectivity index (χ2n) is 24.4. The lowest BCUT2D eigenvalue weighted by Gasteiger charge is -2.33. The molecule has 0 aliphatic carbocycles. The molecular weight excluding hydrogens is 1370 g/mol. The van der Waals surface area contributed by atoms with E-state index in [0.29, 0.717) is 75.8 Å². The molecule has 5 aliphatic rings. The van der Waals surface area contributed by atoms with Crippen molar-refractivity contribution in [3.8, 4) is 57.8 Å². The quantitative estimate of drug-likeness (QED) is 0.0461. The Morgan fingerprint density at radius 1 is 0.393 bits per heavy atom. The summed E-state index contributed by atoms with van der Waals surface area (Å²) in [4.78, 5) is 48.0. The highest BCUT2D eigenvalue weighted by Crippen LogP contribution is 2.44. The van der Waals surface area contributed by atoms with Crippen molar-refractivity contribution in [1.29, 1.82) is 0 Å². The summed E-state index contributed by atoms with van der Waals surface area (Å²) in [6, 6.07) is 41.8. The maximum atomic E-state index is 6.15. The number of ether oxygens (including phenoxy) is 8. The third-order valence-corrected chi connectivity index (χ3v) is 17.1. The zero-order valence-electron chi connectivity index (χ0n) is 59.2. The van der Waals surface area contributed by atoms with Gasteiger partial charge in [0.2, 0.25) is 66.9 Å². The van der Waals surface area contributed by atoms with Crippen molar-refractivity contribution in [2.24, 2.45) is 0 Å². The largest absolute Gasteiger partial charge is 0.495 e. The van der Waals surface area contributed by atoms with Crippen LogP contribution in [0.3, 0.4) is 0 Å². The highest BCUT2D eigenvalue weighted by atomic mass is 16.7. The third kappa shape index (κ3) is 17.1. The average molecular weight is 1450 g/mol. The van der Waals surface area contributed by atoms with E-state index in [1.54, 1.807) is 38.9 Å². The monoisotopic (exact) mass is 1450 g/mol. The van der Waals surface area contributed by atoms with E-state index in [0.717, 1.165) is 130 Å². The summed E-state index contributed by atoms with van der Waals surface area (Å²) < 4.78 is 49.1. The van der Waals surface area contributed by atoms with Crippen LogP contribution in [0.5, 0.6) is 34.5 Å². The second kappa shape index (κ2) is 32.4. The predicted octanol–water partition coefficient (Wildman–Crippen LogP) is 6.86. The summed E-state index contributed by atoms with van der Waals surface area (Å²) in [6.07, 6.45) is 3.22. The first-order chi connectivity index (χ1) is 52.2. The Kier molecular flexibility index (Phi) is 21.4. The maximum absolute atomic E-state index is 6.15. The zero-order valence-corrected chi connectivity index (χ0v) is 59.2. The van der Waals surface area contributed by atoms with Crippen LogP contribution in [0.25, 0.3) is 23.3 Å². The third-order valence-electron chi connectivity index (χ3n) is 17.1. The fraction of sp³-hybridized carbons (Fsp3) is 0.271. The van der Waals surface area contributed by atoms with Crippen molar-refractivity contribution < 1.29 is 37.9 Å². The first-order valence-corrected chi connectivity index (χ1v) is 34.1. The zero-order chi connectivity index (χ0) is 73.8. The lowest BCUT2D eigenvalue weighted by Crippen LogP contribution is -2.44. The number of anilines is 15. The fourth-order valence-corrected chi connectivity index (χ4v) is 11.7. The van der Waals surface area contributed by atoms with E-state index in [9.17, 15) is 0 Å². The molecule has 17 rings (SSSR count). The normalized spacial score (nSPS) is 14.3. The molecule has 552 valence electrons. The van der Waals surface area contributed by atoms with Gasteiger partial charge in [-0.2, -0.15) is 38.7 Å². The van der Waals surface area contributed by atoms with Gasteiger partial charge in [0.15, 0.2) is 46.3 Å². The van der Waals surface area contributed by atoms with Crippen LogP contribution in [0.4, 0.5) is 87.5 Å². The van der Waals surface area contributed by atoms with E-state index >= 15 is 0 Å². The van der Waals surface area contributed by atoms with Gasteiger partial charge in [0.05, 0.1) is 46.3 Å². The van der Waals surface area contributed by atoms with Gasteiger partial charge < -0.3 is 102 Å². The molecule has 107 heavy (non-hydrogen) atoms. The fourth-order valence-electron chi connectivity index (χ4n) is 11.7. The van der Waals surface area contributed by atoms with E-state index in [4.69, 9.17) is 60.8 Å². The number of hydrogen-bond acceptors (Lipinski definition) is 33. The van der Waals surface area contributed by atoms with Crippen LogP contribution in [-0.4, -0.2) is 203 Å². The summed E-state index contributed by atoms with van der Waals surface area (Å²) >= 11 is 0. The van der Waals surface area contributed by atoms with Gasteiger partial charge in [0.25, 0.3) is 0 Å². The molecule has 0 atom stereocenters. The number of aryl methyl sites for hydroxylation is 2. The number of nitrogens with one attached hydrogen (secondary N) is 4. The molecular formula is C70H79N29O8. The SMILES string of the molecule is CN1CCN(c2cc(-n3nc(Nc4ccc(N5CCOCC5)cc4)nc3N)ncn2)CC1.COc1cc(Nc2nc(N)n(-c3cccc(C)n3)n2)cc2c1OCO2.COc1cc(Nc2nc(N)n(-c3ccccn3)n2)ccc1N1CCOCC1.Cc1cccc(-n2nc(Nc3ccc4c(c3)OCO4)nc2N)n1. The number of rotatable bonds is 17. The van der Waals surface area contributed by atoms with E-state index in [2.05, 4.69) is 125 Å². The minimum atomic E-state index is 0.161. The highest BCUT2D eigenvalue weighted by molar-refractivity contribution is 5.69. The first-order valence-electron chi connectivity index (χ1n) is 34.1. The first kappa shape index (κ1) is 70.5. The number of nitrogen functional groups attached to an aromatic ring is 4. The van der Waals surface area contributed by atoms with Crippen LogP contribution in [0.15, 0.2) is 146 Å². The number of piperazine rings is 1. The van der Waals surface area contributed by atoms with Gasteiger partial charge in [-0.15, -0.1) is 20.4 Å². The van der Waals surface area contributed by atoms with Crippen molar-refractivity contribution in [1.82, 2.24) is 88.9 Å². The van der Waals surface area contributed by atoms with Crippen LogP contribution in [0, 0.1) is 13.8 Å². The molecule has 0 spiro atoms. The highest BCUT2D eigenvalue weighted by Gasteiger charge is 2.24. The Morgan fingerprint density at radius 3 is 1.47 bits per heavy atom. The average Bonchev–Trinajstić information content (AvgIpc) is 1.71. The number of aromatic nitrogens is 17. The lowest BCUT2D eigenvalue weighted by atomic mass is 10.2. The van der Waals surface area contributed by atoms with Crippen molar-refractivity contribution in [2.75, 3.05) is 173 Å². The summed E-state index contributed by atoms with van der Waals surface area (Å²) in [5, 5.41) is 30.2. The number of morpholine rings is 2. The topological polar surface area (TPSA) is 426 Å². The van der Waals surface area contributed by atoms with Gasteiger partial charge >= 0.3 is 0 Å². The Morgan fingerprint density at radius 2 is 0.879 bits per heavy atom. The maximum Gasteiger partial charge on any atom is 0.248 e. The van der Waals surface area contributed by atoms with Crippen LogP contribution in [0.1, 0.15) is 11.4 Å². The van der Waals surface area contributed by atoms with Gasteiger partial charge in [-0.05, 0) is 106 Å². The number of likely N-dealkylation sites (N-methyl/N-ethyl adjacent to an activating group) is 1. The Bertz CT molecular complexity index is 5000. The minimum absolute atomic E-state index is 0.161. The summed E-state index contributed by atoms with van der Waals surface area (Å²) in [5.41, 5.74) is 31.1. The summed E-state index contributed by atoms with van der Waals surface area (Å²) in [5.74, 6) is 9.72. The minimum Gasteiger partial charge on any atom is -0.495 e. The Labute approximate surface area is 613 Å². The number of nitrogens with zero attached hydrogens (tertiary/aromatic N) is 21. The van der Waals surface area contributed by atoms with Crippen LogP contribution in [-0.2, 0) is 9.47 Å². The molecule has 0 unspecified atom stereocenters. The molecule has 37 heteroatoms. The smallest absolute Gasteiger partial charge is 0.248 e. The van der Waals surface area contributed by atoms with E-state index in [-0.39, 0.29) is 37.4 Å². The summed E-state index contributed by atoms with van der Waals surface area (Å²) in [7, 11) is 5.36. The molecule has 37 nitrogen and oxygen atoms in total. The Balaban J connectivity index is 0.000000120. The molecule has 0 bridgehead atoms. The molecule has 12 N–H and O–H groups in total. The molecule has 0 radical (unpaired) electrons. The van der Waals surface area contributed by atoms with Crippen LogP contribution >= 0.6 is 0 Å². The van der Waals surface area contributed by atoms with E-state index in [1.165, 1.54) is 24.4 Å². The number of benzene rings is 4. The van der Waals surface area contributed by atoms with Gasteiger partial charge in [-0.1, -0.05) is 18.2 Å². The molecule has 12 aromatic rings. The van der Waals surface area contributed by atoms with Crippen molar-refractivity contribution in [3.05, 3.63) is 157 Å². The molecule has 13 heterocycles. The number of fused-ring (bicyclic) bond motifs is 2. The molecule has 3 fully saturated rings. The standard InChI is InChI=1S/C21H28N10O.C18H21N7O2.C16H16N6O3.C15H14N6O2/c1-28-6-8-30(9-7-28)18-14-19(24-15-23-18)31-20(22)26-21(27-31)25-16-2-4-17(5-3-16)29-10-12-32-13-11-29;1-26-15-12-13(5-6-14(15)24-8-10-27-11-9-24)21-18-22-17(19)25(23-18)16-4-2-3-7-20-16;1-9-4-3-5-13(18-9)22-15(17)20-16(21-22)19-10-6-11(23-2)14-12(7-10)24-8-25-14;1-9-3-2-4-13(17-9)21-14(16)19-15(20-21)18-10-5-6-11-12(7-10)23-8-22-11/h2-5,14-15H,6-13H2,1H3,(H3,22,25,26,27);2-7,12H,8-11H2,1H3,(H3,19,21,22,23);3-7H,8H2,1-2H3,(H3,17,19,20,21);2-7H,8H2,1H3,(H3,16,18,19,20). The van der Waals surface area contributed by atoms with E-state index in [1.807, 2.05) is 123 Å². The van der Waals surface area contributed by atoms with Crippen molar-refractivity contribution >= 4 is 87.5 Å². The van der Waals surface area contributed by atoms with Crippen LogP contribution in [0.2, 0.25) is 0 Å². The molecule has 3 saturated heterocycles. The second-order valence-corrected chi connectivity index (χ2v) is 24.4. The molecule has 8 aromatic heterocycles. The summed E-state index contributed by atoms with van der Waals surface area (Å²) in [6.45, 7) is 14.5. The van der Waals surface area contributed by atoms with Gasteiger partial charge in [-0.3, -0.25) is 0 Å². The van der Waals surface area contributed by atoms with E-state index < -0.39 is 0 Å². The van der Waals surface area contributed by atoms with Gasteiger partial charge in [0, 0.05) is 129 Å². The molecule has 5 aliphatic heterocycles.